The number of amides is 6. The summed E-state index contributed by atoms with van der Waals surface area (Å²) in [6.45, 7) is 5.22. The average Bonchev–Trinajstić information content (AvgIpc) is 3.05. The van der Waals surface area contributed by atoms with Crippen molar-refractivity contribution in [1.82, 2.24) is 20.4 Å². The number of fused-ring (bicyclic) bond motifs is 1. The second kappa shape index (κ2) is 9.43. The van der Waals surface area contributed by atoms with Gasteiger partial charge in [0.2, 0.25) is 18.0 Å². The number of β-lactam (4-membered cyclic amide) rings is 1. The highest BCUT2D eigenvalue weighted by molar-refractivity contribution is 8.01. The third kappa shape index (κ3) is 4.24. The number of hydrogen-bond acceptors (Lipinski definition) is 8. The van der Waals surface area contributed by atoms with Gasteiger partial charge in [0.05, 0.1) is 4.75 Å². The lowest BCUT2D eigenvalue weighted by atomic mass is 9.94. The predicted molar refractivity (Wildman–Crippen MR) is 129 cm³/mol. The van der Waals surface area contributed by atoms with E-state index in [4.69, 9.17) is 0 Å². The van der Waals surface area contributed by atoms with E-state index in [0.29, 0.717) is 12.1 Å². The van der Waals surface area contributed by atoms with Crippen molar-refractivity contribution in [3.63, 3.8) is 0 Å². The van der Waals surface area contributed by atoms with E-state index < -0.39 is 68.5 Å². The number of benzene rings is 1. The van der Waals surface area contributed by atoms with Crippen molar-refractivity contribution in [2.24, 2.45) is 0 Å². The monoisotopic (exact) mass is 533 g/mol. The van der Waals surface area contributed by atoms with Crippen LogP contribution in [0, 0.1) is 5.21 Å². The standard InChI is InChI=1S/C23H27N5O8S/c1-4-26-10-11-27(18(31)17(26)30)22(35)25-13(12-8-6-5-7-9-12)16(29)24-14-19(32)28(36)15(21(33)34)23(2,3)37-20(14)28/h5-9,13-15,20H,4,10-11H2,1-3H3,(H,24,29)(H,25,35)(H,33,34)/t13-,14-,15+,20-,28?/m1/s1. The number of urea groups is 1. The van der Waals surface area contributed by atoms with Gasteiger partial charge >= 0.3 is 29.7 Å². The highest BCUT2D eigenvalue weighted by Crippen LogP contribution is 2.56. The number of carboxylic acids is 1. The zero-order valence-electron chi connectivity index (χ0n) is 20.4. The number of carbonyl (C=O) groups excluding carboxylic acids is 5. The minimum absolute atomic E-state index is 0.0605. The van der Waals surface area contributed by atoms with Crippen LogP contribution >= 0.6 is 11.8 Å². The number of nitrogens with one attached hydrogen (secondary N) is 2. The summed E-state index contributed by atoms with van der Waals surface area (Å²) in [5.41, 5.74) is 0.330. The summed E-state index contributed by atoms with van der Waals surface area (Å²) in [4.78, 5) is 77.6. The van der Waals surface area contributed by atoms with E-state index in [2.05, 4.69) is 10.6 Å². The molecule has 3 aliphatic rings. The molecule has 3 aliphatic heterocycles. The fourth-order valence-corrected chi connectivity index (χ4v) is 6.72. The molecule has 1 unspecified atom stereocenters. The van der Waals surface area contributed by atoms with Gasteiger partial charge in [-0.25, -0.2) is 14.4 Å². The summed E-state index contributed by atoms with van der Waals surface area (Å²) in [5, 5.41) is 26.7. The second-order valence-electron chi connectivity index (χ2n) is 9.52. The third-order valence-electron chi connectivity index (χ3n) is 6.87. The predicted octanol–water partition coefficient (Wildman–Crippen LogP) is -0.228. The number of imide groups is 1. The number of hydrogen-bond donors (Lipinski definition) is 3. The lowest BCUT2D eigenvalue weighted by Crippen LogP contribution is -2.79. The molecule has 0 aliphatic carbocycles. The van der Waals surface area contributed by atoms with Crippen LogP contribution < -0.4 is 10.6 Å². The van der Waals surface area contributed by atoms with Crippen LogP contribution in [0.4, 0.5) is 4.79 Å². The number of nitrogens with zero attached hydrogens (tertiary/aromatic N) is 3. The van der Waals surface area contributed by atoms with Gasteiger partial charge in [-0.2, -0.15) is 0 Å². The summed E-state index contributed by atoms with van der Waals surface area (Å²) in [6, 6.07) is 2.92. The summed E-state index contributed by atoms with van der Waals surface area (Å²) in [6.07, 6.45) is 0. The number of piperazine rings is 1. The highest BCUT2D eigenvalue weighted by Gasteiger charge is 2.74. The van der Waals surface area contributed by atoms with Crippen LogP contribution in [-0.2, 0) is 24.0 Å². The minimum Gasteiger partial charge on any atom is -0.624 e. The zero-order valence-corrected chi connectivity index (χ0v) is 21.2. The highest BCUT2D eigenvalue weighted by atomic mass is 32.2. The number of carbonyl (C=O) groups is 6. The molecule has 0 radical (unpaired) electrons. The molecule has 13 nitrogen and oxygen atoms in total. The number of rotatable bonds is 6. The van der Waals surface area contributed by atoms with Crippen LogP contribution in [0.1, 0.15) is 32.4 Å². The smallest absolute Gasteiger partial charge is 0.364 e. The van der Waals surface area contributed by atoms with Crippen LogP contribution in [0.2, 0.25) is 0 Å². The van der Waals surface area contributed by atoms with Gasteiger partial charge in [-0.3, -0.25) is 23.9 Å². The van der Waals surface area contributed by atoms with Crippen molar-refractivity contribution >= 4 is 47.4 Å². The van der Waals surface area contributed by atoms with Gasteiger partial charge in [0.1, 0.15) is 6.04 Å². The molecular formula is C23H27N5O8S. The van der Waals surface area contributed by atoms with E-state index >= 15 is 0 Å². The Morgan fingerprint density at radius 3 is 2.41 bits per heavy atom. The Morgan fingerprint density at radius 1 is 1.16 bits per heavy atom. The molecule has 3 N–H and O–H groups in total. The SMILES string of the molecule is CCN1CCN(C(=O)N[C@@H](C(=O)N[C@@H]2C(=O)[N+]3([O-])[C@@H]2SC(C)(C)[C@@H]3C(=O)O)c2ccccc2)C(=O)C1=O. The summed E-state index contributed by atoms with van der Waals surface area (Å²) < 4.78 is -2.65. The summed E-state index contributed by atoms with van der Waals surface area (Å²) in [7, 11) is 0. The maximum Gasteiger partial charge on any atom is 0.364 e. The van der Waals surface area contributed by atoms with Crippen molar-refractivity contribution in [2.75, 3.05) is 19.6 Å². The molecule has 3 heterocycles. The average molecular weight is 534 g/mol. The van der Waals surface area contributed by atoms with E-state index in [9.17, 15) is 39.1 Å². The van der Waals surface area contributed by atoms with E-state index in [0.717, 1.165) is 16.7 Å². The Labute approximate surface area is 216 Å². The van der Waals surface area contributed by atoms with Crippen LogP contribution in [0.15, 0.2) is 30.3 Å². The van der Waals surface area contributed by atoms with Gasteiger partial charge in [-0.05, 0) is 26.3 Å². The number of aliphatic carboxylic acids is 1. The van der Waals surface area contributed by atoms with Gasteiger partial charge in [-0.1, -0.05) is 42.1 Å². The lowest BCUT2D eigenvalue weighted by molar-refractivity contribution is -0.857. The fraction of sp³-hybridized carbons (Fsp3) is 0.478. The molecule has 5 atom stereocenters. The maximum absolute atomic E-state index is 13.3. The molecule has 14 heteroatoms. The van der Waals surface area contributed by atoms with Gasteiger partial charge < -0.3 is 25.8 Å². The Hall–Kier alpha value is -3.49. The molecule has 1 aromatic carbocycles. The molecule has 4 rings (SSSR count). The Bertz CT molecular complexity index is 1180. The fourth-order valence-electron chi connectivity index (χ4n) is 5.01. The summed E-state index contributed by atoms with van der Waals surface area (Å²) in [5.74, 6) is -5.07. The van der Waals surface area contributed by atoms with E-state index in [1.807, 2.05) is 0 Å². The molecule has 0 bridgehead atoms. The normalized spacial score (nSPS) is 29.3. The molecule has 3 fully saturated rings. The molecule has 37 heavy (non-hydrogen) atoms. The van der Waals surface area contributed by atoms with Gasteiger partial charge in [0, 0.05) is 19.6 Å². The number of thioether (sulfide) groups is 1. The van der Waals surface area contributed by atoms with Gasteiger partial charge in [0.15, 0.2) is 5.37 Å². The van der Waals surface area contributed by atoms with E-state index in [1.54, 1.807) is 51.1 Å². The minimum atomic E-state index is -1.58. The van der Waals surface area contributed by atoms with Crippen molar-refractivity contribution in [3.05, 3.63) is 41.1 Å². The van der Waals surface area contributed by atoms with Crippen molar-refractivity contribution < 1.29 is 38.5 Å². The Balaban J connectivity index is 1.54. The van der Waals surface area contributed by atoms with Crippen LogP contribution in [0.5, 0.6) is 0 Å². The van der Waals surface area contributed by atoms with Gasteiger partial charge in [0.25, 0.3) is 0 Å². The van der Waals surface area contributed by atoms with E-state index in [-0.39, 0.29) is 13.1 Å². The van der Waals surface area contributed by atoms with Crippen LogP contribution in [0.3, 0.4) is 0 Å². The zero-order chi connectivity index (χ0) is 27.3. The molecule has 0 aromatic heterocycles. The molecular weight excluding hydrogens is 506 g/mol. The first-order valence-electron chi connectivity index (χ1n) is 11.7. The quantitative estimate of drug-likeness (QED) is 0.193. The lowest BCUT2D eigenvalue weighted by Gasteiger charge is -2.54. The number of hydroxylamine groups is 3. The molecule has 3 saturated heterocycles. The second-order valence-corrected chi connectivity index (χ2v) is 11.3. The first-order valence-corrected chi connectivity index (χ1v) is 12.5. The number of likely N-dealkylation sites (N-methyl/N-ethyl adjacent to an activating group) is 1. The maximum atomic E-state index is 13.3. The Kier molecular flexibility index (Phi) is 6.77. The van der Waals surface area contributed by atoms with Gasteiger partial charge in [-0.15, -0.1) is 0 Å². The molecule has 0 spiro atoms. The molecule has 1 aromatic rings. The van der Waals surface area contributed by atoms with Crippen molar-refractivity contribution in [2.45, 2.75) is 49.0 Å². The Morgan fingerprint density at radius 2 is 1.81 bits per heavy atom. The third-order valence-corrected chi connectivity index (χ3v) is 8.53. The van der Waals surface area contributed by atoms with Crippen molar-refractivity contribution in [3.8, 4) is 0 Å². The van der Waals surface area contributed by atoms with Crippen molar-refractivity contribution in [1.29, 1.82) is 0 Å². The molecule has 0 saturated carbocycles. The first kappa shape index (κ1) is 26.6. The summed E-state index contributed by atoms with van der Waals surface area (Å²) >= 11 is 1.01. The van der Waals surface area contributed by atoms with Crippen LogP contribution in [0.25, 0.3) is 0 Å². The molecule has 198 valence electrons. The van der Waals surface area contributed by atoms with E-state index in [1.165, 1.54) is 4.90 Å². The molecule has 6 amide bonds. The topological polar surface area (TPSA) is 176 Å². The number of quaternary nitrogens is 1. The first-order chi connectivity index (χ1) is 17.3. The van der Waals surface area contributed by atoms with Crippen LogP contribution in [-0.4, -0.2) is 97.0 Å². The number of carboxylic acid groups (broad SMARTS) is 1. The largest absolute Gasteiger partial charge is 0.624 e.